The molecule has 1 fully saturated rings. The van der Waals surface area contributed by atoms with Gasteiger partial charge in [-0.3, -0.25) is 4.79 Å². The van der Waals surface area contributed by atoms with E-state index >= 15 is 0 Å². The van der Waals surface area contributed by atoms with Crippen molar-refractivity contribution in [2.45, 2.75) is 113 Å². The Balaban J connectivity index is 0. The second-order valence-corrected chi connectivity index (χ2v) is 10.6. The van der Waals surface area contributed by atoms with Crippen LogP contribution in [0.1, 0.15) is 113 Å². The molecule has 34 heavy (non-hydrogen) atoms. The minimum atomic E-state index is -0.227. The van der Waals surface area contributed by atoms with E-state index in [0.717, 1.165) is 31.1 Å². The number of aliphatic hydroxyl groups excluding tert-OH is 1. The Labute approximate surface area is 215 Å². The lowest BCUT2D eigenvalue weighted by molar-refractivity contribution is -0.113. The van der Waals surface area contributed by atoms with Crippen molar-refractivity contribution < 1.29 is 9.90 Å². The smallest absolute Gasteiger partial charge is 0.170 e. The van der Waals surface area contributed by atoms with E-state index in [9.17, 15) is 4.79 Å². The summed E-state index contributed by atoms with van der Waals surface area (Å²) in [6.45, 7) is 18.7. The monoisotopic (exact) mass is 489 g/mol. The van der Waals surface area contributed by atoms with Gasteiger partial charge in [0.1, 0.15) is 6.07 Å². The van der Waals surface area contributed by atoms with Crippen LogP contribution in [0.2, 0.25) is 0 Å². The number of carbonyl (C=O) groups excluding carboxylic acids is 1. The summed E-state index contributed by atoms with van der Waals surface area (Å²) >= 11 is 1.43. The van der Waals surface area contributed by atoms with Crippen molar-refractivity contribution >= 4 is 17.5 Å². The van der Waals surface area contributed by atoms with Crippen LogP contribution in [0.15, 0.2) is 46.5 Å². The first kappa shape index (κ1) is 34.4. The van der Waals surface area contributed by atoms with Crippen LogP contribution in [0.4, 0.5) is 0 Å². The van der Waals surface area contributed by atoms with Gasteiger partial charge in [0, 0.05) is 4.91 Å². The van der Waals surface area contributed by atoms with Gasteiger partial charge in [-0.1, -0.05) is 104 Å². The van der Waals surface area contributed by atoms with E-state index in [1.165, 1.54) is 81.5 Å². The second-order valence-electron chi connectivity index (χ2n) is 9.59. The molecule has 1 rings (SSSR count). The van der Waals surface area contributed by atoms with Gasteiger partial charge in [-0.15, -0.1) is 0 Å². The van der Waals surface area contributed by atoms with E-state index in [0.29, 0.717) is 10.8 Å². The number of allylic oxidation sites excluding steroid dienone is 4. The molecule has 1 saturated carbocycles. The van der Waals surface area contributed by atoms with Gasteiger partial charge in [0.25, 0.3) is 0 Å². The summed E-state index contributed by atoms with van der Waals surface area (Å²) in [5, 5.41) is 18.9. The Morgan fingerprint density at radius 1 is 1.18 bits per heavy atom. The minimum Gasteiger partial charge on any atom is -0.516 e. The molecule has 0 aromatic rings. The molecule has 0 bridgehead atoms. The van der Waals surface area contributed by atoms with E-state index < -0.39 is 0 Å². The molecule has 2 unspecified atom stereocenters. The maximum absolute atomic E-state index is 11.0. The van der Waals surface area contributed by atoms with Gasteiger partial charge < -0.3 is 5.11 Å². The van der Waals surface area contributed by atoms with Gasteiger partial charge in [-0.05, 0) is 67.4 Å². The van der Waals surface area contributed by atoms with Crippen molar-refractivity contribution in [1.29, 1.82) is 5.26 Å². The largest absolute Gasteiger partial charge is 0.516 e. The van der Waals surface area contributed by atoms with E-state index in [4.69, 9.17) is 10.4 Å². The van der Waals surface area contributed by atoms with Crippen molar-refractivity contribution in [2.24, 2.45) is 17.8 Å². The summed E-state index contributed by atoms with van der Waals surface area (Å²) in [5.41, 5.74) is 1.35. The highest BCUT2D eigenvalue weighted by Crippen LogP contribution is 2.24. The molecule has 2 atom stereocenters. The number of hydrogen-bond acceptors (Lipinski definition) is 4. The fraction of sp³-hybridized carbons (Fsp3) is 0.667. The summed E-state index contributed by atoms with van der Waals surface area (Å²) in [7, 11) is 0. The first-order valence-corrected chi connectivity index (χ1v) is 14.0. The molecule has 194 valence electrons. The Morgan fingerprint density at radius 2 is 1.82 bits per heavy atom. The minimum absolute atomic E-state index is 0.148. The maximum Gasteiger partial charge on any atom is 0.170 e. The van der Waals surface area contributed by atoms with Crippen molar-refractivity contribution in [3.8, 4) is 6.07 Å². The lowest BCUT2D eigenvalue weighted by Crippen LogP contribution is -2.04. The number of nitrogens with zero attached hydrogens (tertiary/aromatic N) is 1. The molecule has 0 aromatic carbocycles. The maximum atomic E-state index is 11.0. The van der Waals surface area contributed by atoms with Gasteiger partial charge in [0.05, 0.1) is 11.8 Å². The number of hydrogen-bond donors (Lipinski definition) is 1. The lowest BCUT2D eigenvalue weighted by atomic mass is 9.89. The molecule has 1 aliphatic rings. The lowest BCUT2D eigenvalue weighted by Gasteiger charge is -2.17. The zero-order valence-corrected chi connectivity index (χ0v) is 23.8. The van der Waals surface area contributed by atoms with Crippen molar-refractivity contribution in [1.82, 2.24) is 0 Å². The van der Waals surface area contributed by atoms with Crippen LogP contribution in [0.25, 0.3) is 0 Å². The number of aliphatic hydroxyl groups is 1. The van der Waals surface area contributed by atoms with Gasteiger partial charge in [-0.25, -0.2) is 0 Å². The van der Waals surface area contributed by atoms with Crippen LogP contribution in [0.3, 0.4) is 0 Å². The number of rotatable bonds is 13. The fourth-order valence-electron chi connectivity index (χ4n) is 3.26. The van der Waals surface area contributed by atoms with Crippen LogP contribution >= 0.6 is 11.8 Å². The average Bonchev–Trinajstić information content (AvgIpc) is 2.75. The second kappa shape index (κ2) is 23.0. The van der Waals surface area contributed by atoms with Crippen LogP contribution in [0, 0.1) is 29.1 Å². The molecule has 0 aromatic heterocycles. The third-order valence-corrected chi connectivity index (χ3v) is 6.44. The van der Waals surface area contributed by atoms with E-state index in [-0.39, 0.29) is 11.4 Å². The Hall–Kier alpha value is -1.73. The van der Waals surface area contributed by atoms with Crippen molar-refractivity contribution in [2.75, 3.05) is 0 Å². The van der Waals surface area contributed by atoms with E-state index in [1.807, 2.05) is 11.5 Å². The summed E-state index contributed by atoms with van der Waals surface area (Å²) in [5.74, 6) is 2.20. The summed E-state index contributed by atoms with van der Waals surface area (Å²) < 4.78 is 0. The Bertz CT molecular complexity index is 676. The van der Waals surface area contributed by atoms with Gasteiger partial charge in [-0.2, -0.15) is 5.26 Å². The number of Topliss-reactive ketones (excluding diaryl/α,β-unsaturated/α-hetero) is 1. The molecule has 0 heterocycles. The highest BCUT2D eigenvalue weighted by molar-refractivity contribution is 8.06. The van der Waals surface area contributed by atoms with E-state index in [1.54, 1.807) is 0 Å². The third-order valence-electron chi connectivity index (χ3n) is 5.72. The van der Waals surface area contributed by atoms with Gasteiger partial charge in [0.15, 0.2) is 5.78 Å². The van der Waals surface area contributed by atoms with Gasteiger partial charge in [0.2, 0.25) is 0 Å². The molecule has 4 heteroatoms. The zero-order valence-electron chi connectivity index (χ0n) is 23.0. The average molecular weight is 490 g/mol. The SMILES string of the molecule is C=C(/C=C(\C#N)C(C)=O)S/C=C\C(C)CC.CCCCC(CCC)CC(C)C.OC=C1CCC1. The third kappa shape index (κ3) is 20.8. The number of ketones is 1. The normalized spacial score (nSPS) is 14.7. The molecule has 0 aliphatic heterocycles. The molecule has 1 aliphatic carbocycles. The molecule has 0 radical (unpaired) electrons. The first-order chi connectivity index (χ1) is 16.1. The molecule has 0 saturated heterocycles. The van der Waals surface area contributed by atoms with Crippen LogP contribution in [0.5, 0.6) is 0 Å². The zero-order chi connectivity index (χ0) is 26.4. The molecular weight excluding hydrogens is 438 g/mol. The van der Waals surface area contributed by atoms with Gasteiger partial charge >= 0.3 is 0 Å². The fourth-order valence-corrected chi connectivity index (χ4v) is 3.97. The highest BCUT2D eigenvalue weighted by atomic mass is 32.2. The van der Waals surface area contributed by atoms with Crippen LogP contribution in [-0.2, 0) is 4.79 Å². The quantitative estimate of drug-likeness (QED) is 0.121. The number of thioether (sulfide) groups is 1. The molecule has 3 nitrogen and oxygen atoms in total. The Kier molecular flexibility index (Phi) is 23.3. The number of unbranched alkanes of at least 4 members (excludes halogenated alkanes) is 1. The van der Waals surface area contributed by atoms with Crippen molar-refractivity contribution in [3.63, 3.8) is 0 Å². The molecule has 1 N–H and O–H groups in total. The predicted molar refractivity (Wildman–Crippen MR) is 152 cm³/mol. The predicted octanol–water partition coefficient (Wildman–Crippen LogP) is 10.1. The molecular formula is C30H51NO2S. The highest BCUT2D eigenvalue weighted by Gasteiger charge is 2.09. The molecule has 0 spiro atoms. The summed E-state index contributed by atoms with van der Waals surface area (Å²) in [4.78, 5) is 11.7. The number of nitriles is 1. The first-order valence-electron chi connectivity index (χ1n) is 13.1. The van der Waals surface area contributed by atoms with Crippen LogP contribution < -0.4 is 0 Å². The summed E-state index contributed by atoms with van der Waals surface area (Å²) in [6, 6.07) is 1.86. The standard InChI is InChI=1S/C13H17NOS.C12H26.C5H8O/c1-5-10(2)6-7-16-11(3)8-13(9-14)12(4)15;1-5-7-9-12(8-6-2)10-11(3)4;6-4-5-2-1-3-5/h6-8,10H,3,5H2,1-2,4H3;11-12H,5-10H2,1-4H3;4,6H,1-3H2/b7-6-,13-8+;;. The molecule has 0 amide bonds. The number of carbonyl (C=O) groups is 1. The van der Waals surface area contributed by atoms with Crippen molar-refractivity contribution in [3.05, 3.63) is 46.5 Å². The van der Waals surface area contributed by atoms with E-state index in [2.05, 4.69) is 54.2 Å². The van der Waals surface area contributed by atoms with Crippen LogP contribution in [-0.4, -0.2) is 10.9 Å². The topological polar surface area (TPSA) is 61.1 Å². The Morgan fingerprint density at radius 3 is 2.18 bits per heavy atom. The summed E-state index contributed by atoms with van der Waals surface area (Å²) in [6.07, 6.45) is 17.9.